The van der Waals surface area contributed by atoms with Gasteiger partial charge in [-0.1, -0.05) is 30.3 Å². The minimum atomic E-state index is -0.0639. The predicted molar refractivity (Wildman–Crippen MR) is 129 cm³/mol. The second kappa shape index (κ2) is 11.4. The second-order valence-electron chi connectivity index (χ2n) is 7.53. The maximum absolute atomic E-state index is 13.1. The van der Waals surface area contributed by atoms with Crippen LogP contribution in [0.1, 0.15) is 22.5 Å². The summed E-state index contributed by atoms with van der Waals surface area (Å²) >= 11 is 0. The highest BCUT2D eigenvalue weighted by Crippen LogP contribution is 2.26. The fraction of sp³-hybridized carbons (Fsp3) is 0.409. The van der Waals surface area contributed by atoms with Crippen molar-refractivity contribution >= 4 is 41.8 Å². The summed E-state index contributed by atoms with van der Waals surface area (Å²) in [5.41, 5.74) is 3.96. The number of piperazine rings is 1. The molecule has 1 saturated heterocycles. The van der Waals surface area contributed by atoms with E-state index >= 15 is 0 Å². The smallest absolute Gasteiger partial charge is 0.252 e. The minimum absolute atomic E-state index is 0. The molecule has 31 heavy (non-hydrogen) atoms. The monoisotopic (exact) mass is 464 g/mol. The molecule has 168 valence electrons. The number of halogens is 2. The van der Waals surface area contributed by atoms with Crippen LogP contribution in [-0.4, -0.2) is 64.8 Å². The summed E-state index contributed by atoms with van der Waals surface area (Å²) < 4.78 is 1.75. The Bertz CT molecular complexity index is 1000. The number of nitrogens with zero attached hydrogens (tertiary/aromatic N) is 4. The molecule has 2 aromatic heterocycles. The molecule has 0 saturated carbocycles. The Morgan fingerprint density at radius 2 is 1.87 bits per heavy atom. The molecule has 0 unspecified atom stereocenters. The van der Waals surface area contributed by atoms with Crippen molar-refractivity contribution in [3.63, 3.8) is 0 Å². The number of carbonyl (C=O) groups is 1. The standard InChI is InChI=1S/C22H28N6O.2ClH/c1-16-20-18(22(29)24-9-6-12-28-13-10-23-11-14-28)15-19(17-7-4-3-5-8-17)25-21(20)27(2)26-16;;/h3-5,7-8,15,23H,6,9-14H2,1-2H3,(H,24,29);2*1H. The first kappa shape index (κ1) is 25.1. The van der Waals surface area contributed by atoms with Crippen LogP contribution in [0.2, 0.25) is 0 Å². The Morgan fingerprint density at radius 1 is 1.16 bits per heavy atom. The molecule has 0 atom stereocenters. The number of rotatable bonds is 6. The molecule has 1 fully saturated rings. The maximum Gasteiger partial charge on any atom is 0.252 e. The number of amides is 1. The van der Waals surface area contributed by atoms with Gasteiger partial charge in [0.05, 0.1) is 22.3 Å². The second-order valence-corrected chi connectivity index (χ2v) is 7.53. The van der Waals surface area contributed by atoms with Crippen LogP contribution >= 0.6 is 24.8 Å². The van der Waals surface area contributed by atoms with Crippen LogP contribution in [0.3, 0.4) is 0 Å². The highest BCUT2D eigenvalue weighted by Gasteiger charge is 2.19. The third-order valence-electron chi connectivity index (χ3n) is 5.43. The summed E-state index contributed by atoms with van der Waals surface area (Å²) in [5.74, 6) is -0.0639. The SMILES string of the molecule is Cc1nn(C)c2nc(-c3ccccc3)cc(C(=O)NCCCN3CCNCC3)c12.Cl.Cl. The van der Waals surface area contributed by atoms with E-state index in [9.17, 15) is 4.79 Å². The Hall–Kier alpha value is -2.19. The Morgan fingerprint density at radius 3 is 2.58 bits per heavy atom. The Labute approximate surface area is 195 Å². The summed E-state index contributed by atoms with van der Waals surface area (Å²) in [5, 5.41) is 11.8. The number of carbonyl (C=O) groups excluding carboxylic acids is 1. The number of pyridine rings is 1. The van der Waals surface area contributed by atoms with Crippen LogP contribution < -0.4 is 10.6 Å². The number of fused-ring (bicyclic) bond motifs is 1. The maximum atomic E-state index is 13.1. The molecule has 1 aliphatic rings. The zero-order chi connectivity index (χ0) is 20.2. The fourth-order valence-corrected chi connectivity index (χ4v) is 3.92. The van der Waals surface area contributed by atoms with Crippen molar-refractivity contribution in [3.8, 4) is 11.3 Å². The van der Waals surface area contributed by atoms with Crippen molar-refractivity contribution in [2.75, 3.05) is 39.3 Å². The number of benzene rings is 1. The fourth-order valence-electron chi connectivity index (χ4n) is 3.92. The van der Waals surface area contributed by atoms with Gasteiger partial charge in [-0.3, -0.25) is 9.48 Å². The summed E-state index contributed by atoms with van der Waals surface area (Å²) in [7, 11) is 1.87. The molecule has 1 amide bonds. The lowest BCUT2D eigenvalue weighted by Gasteiger charge is -2.27. The van der Waals surface area contributed by atoms with Gasteiger partial charge >= 0.3 is 0 Å². The highest BCUT2D eigenvalue weighted by molar-refractivity contribution is 6.07. The van der Waals surface area contributed by atoms with Gasteiger partial charge in [0.2, 0.25) is 0 Å². The third kappa shape index (κ3) is 5.74. The normalized spacial score (nSPS) is 14.0. The molecule has 0 radical (unpaired) electrons. The first-order chi connectivity index (χ1) is 14.1. The number of hydrogen-bond donors (Lipinski definition) is 2. The number of aryl methyl sites for hydroxylation is 2. The molecule has 7 nitrogen and oxygen atoms in total. The quantitative estimate of drug-likeness (QED) is 0.548. The van der Waals surface area contributed by atoms with Crippen molar-refractivity contribution in [2.45, 2.75) is 13.3 Å². The van der Waals surface area contributed by atoms with Crippen molar-refractivity contribution < 1.29 is 4.79 Å². The average molecular weight is 465 g/mol. The van der Waals surface area contributed by atoms with E-state index in [0.717, 1.165) is 67.1 Å². The molecule has 4 rings (SSSR count). The lowest BCUT2D eigenvalue weighted by molar-refractivity contribution is 0.0953. The molecule has 0 aliphatic carbocycles. The van der Waals surface area contributed by atoms with E-state index in [-0.39, 0.29) is 30.7 Å². The molecule has 9 heteroatoms. The van der Waals surface area contributed by atoms with Gasteiger partial charge in [-0.15, -0.1) is 24.8 Å². The Balaban J connectivity index is 0.00000171. The van der Waals surface area contributed by atoms with Crippen LogP contribution in [0.25, 0.3) is 22.3 Å². The van der Waals surface area contributed by atoms with E-state index in [4.69, 9.17) is 4.98 Å². The van der Waals surface area contributed by atoms with Gasteiger partial charge in [0.15, 0.2) is 5.65 Å². The van der Waals surface area contributed by atoms with Gasteiger partial charge < -0.3 is 15.5 Å². The van der Waals surface area contributed by atoms with Gasteiger partial charge in [0.25, 0.3) is 5.91 Å². The van der Waals surface area contributed by atoms with E-state index in [1.807, 2.05) is 50.4 Å². The van der Waals surface area contributed by atoms with E-state index in [0.29, 0.717) is 12.1 Å². The molecule has 0 spiro atoms. The van der Waals surface area contributed by atoms with Crippen molar-refractivity contribution in [2.24, 2.45) is 7.05 Å². The van der Waals surface area contributed by atoms with Crippen LogP contribution in [-0.2, 0) is 7.05 Å². The predicted octanol–water partition coefficient (Wildman–Crippen LogP) is 2.81. The molecule has 1 aromatic carbocycles. The summed E-state index contributed by atoms with van der Waals surface area (Å²) in [6, 6.07) is 11.8. The van der Waals surface area contributed by atoms with E-state index < -0.39 is 0 Å². The summed E-state index contributed by atoms with van der Waals surface area (Å²) in [6.07, 6.45) is 0.942. The molecule has 0 bridgehead atoms. The zero-order valence-electron chi connectivity index (χ0n) is 17.9. The minimum Gasteiger partial charge on any atom is -0.352 e. The lowest BCUT2D eigenvalue weighted by Crippen LogP contribution is -2.44. The van der Waals surface area contributed by atoms with Crippen molar-refractivity contribution in [1.82, 2.24) is 30.3 Å². The molecular weight excluding hydrogens is 435 g/mol. The third-order valence-corrected chi connectivity index (χ3v) is 5.43. The number of nitrogens with one attached hydrogen (secondary N) is 2. The largest absolute Gasteiger partial charge is 0.352 e. The van der Waals surface area contributed by atoms with Crippen LogP contribution in [0.15, 0.2) is 36.4 Å². The van der Waals surface area contributed by atoms with E-state index in [2.05, 4.69) is 20.6 Å². The van der Waals surface area contributed by atoms with E-state index in [1.54, 1.807) is 4.68 Å². The zero-order valence-corrected chi connectivity index (χ0v) is 19.6. The summed E-state index contributed by atoms with van der Waals surface area (Å²) in [4.78, 5) is 20.3. The average Bonchev–Trinajstić information content (AvgIpc) is 3.05. The highest BCUT2D eigenvalue weighted by atomic mass is 35.5. The molecule has 3 heterocycles. The first-order valence-corrected chi connectivity index (χ1v) is 10.2. The van der Waals surface area contributed by atoms with Crippen LogP contribution in [0.5, 0.6) is 0 Å². The van der Waals surface area contributed by atoms with Gasteiger partial charge in [-0.2, -0.15) is 5.10 Å². The number of aromatic nitrogens is 3. The van der Waals surface area contributed by atoms with Crippen molar-refractivity contribution in [3.05, 3.63) is 47.7 Å². The topological polar surface area (TPSA) is 75.1 Å². The molecular formula is C22H30Cl2N6O. The van der Waals surface area contributed by atoms with Crippen LogP contribution in [0, 0.1) is 6.92 Å². The molecule has 1 aliphatic heterocycles. The number of hydrogen-bond acceptors (Lipinski definition) is 5. The molecule has 3 aromatic rings. The Kier molecular flexibility index (Phi) is 9.25. The van der Waals surface area contributed by atoms with Gasteiger partial charge in [-0.05, 0) is 26.0 Å². The van der Waals surface area contributed by atoms with E-state index in [1.165, 1.54) is 0 Å². The summed E-state index contributed by atoms with van der Waals surface area (Å²) in [6.45, 7) is 7.84. The van der Waals surface area contributed by atoms with Crippen molar-refractivity contribution in [1.29, 1.82) is 0 Å². The van der Waals surface area contributed by atoms with Gasteiger partial charge in [-0.25, -0.2) is 4.98 Å². The first-order valence-electron chi connectivity index (χ1n) is 10.2. The van der Waals surface area contributed by atoms with Gasteiger partial charge in [0, 0.05) is 45.3 Å². The lowest BCUT2D eigenvalue weighted by atomic mass is 10.0. The van der Waals surface area contributed by atoms with Gasteiger partial charge in [0.1, 0.15) is 0 Å². The molecule has 2 N–H and O–H groups in total. The van der Waals surface area contributed by atoms with Crippen LogP contribution in [0.4, 0.5) is 0 Å².